The highest BCUT2D eigenvalue weighted by Gasteiger charge is 2.39. The fourth-order valence-corrected chi connectivity index (χ4v) is 5.22. The second kappa shape index (κ2) is 14.7. The Kier molecular flexibility index (Phi) is 11.1. The second-order valence-electron chi connectivity index (χ2n) is 11.2. The topological polar surface area (TPSA) is 118 Å². The molecule has 3 aromatic rings. The summed E-state index contributed by atoms with van der Waals surface area (Å²) in [5.41, 5.74) is 3.98. The van der Waals surface area contributed by atoms with Gasteiger partial charge in [0, 0.05) is 36.7 Å². The molecular weight excluding hydrogens is 548 g/mol. The lowest BCUT2D eigenvalue weighted by atomic mass is 9.89. The first-order valence-corrected chi connectivity index (χ1v) is 14.6. The van der Waals surface area contributed by atoms with Crippen LogP contribution in [0.1, 0.15) is 68.4 Å². The molecule has 1 fully saturated rings. The Bertz CT molecular complexity index is 1330. The van der Waals surface area contributed by atoms with Crippen LogP contribution in [0.5, 0.6) is 0 Å². The predicted octanol–water partition coefficient (Wildman–Crippen LogP) is 4.91. The second-order valence-corrected chi connectivity index (χ2v) is 11.2. The number of carbonyl (C=O) groups is 2. The van der Waals surface area contributed by atoms with Gasteiger partial charge < -0.3 is 29.7 Å². The lowest BCUT2D eigenvalue weighted by Crippen LogP contribution is -2.46. The van der Waals surface area contributed by atoms with Crippen LogP contribution in [0.2, 0.25) is 0 Å². The number of benzene rings is 3. The van der Waals surface area contributed by atoms with E-state index >= 15 is 0 Å². The molecule has 9 nitrogen and oxygen atoms in total. The number of esters is 1. The highest BCUT2D eigenvalue weighted by Crippen LogP contribution is 2.42. The van der Waals surface area contributed by atoms with Crippen LogP contribution in [0.25, 0.3) is 0 Å². The molecule has 1 aliphatic rings. The van der Waals surface area contributed by atoms with Gasteiger partial charge in [-0.15, -0.1) is 0 Å². The van der Waals surface area contributed by atoms with E-state index in [-0.39, 0.29) is 30.8 Å². The molecule has 1 heterocycles. The number of likely N-dealkylation sites (N-methyl/N-ethyl adjacent to an activating group) is 1. The number of nitrogens with zero attached hydrogens (tertiary/aromatic N) is 1. The summed E-state index contributed by atoms with van der Waals surface area (Å²) in [5.74, 6) is -0.979. The molecule has 0 radical (unpaired) electrons. The molecule has 0 saturated carbocycles. The van der Waals surface area contributed by atoms with Gasteiger partial charge in [-0.05, 0) is 49.7 Å². The molecule has 3 N–H and O–H groups in total. The number of aliphatic hydroxyl groups is 2. The van der Waals surface area contributed by atoms with Crippen molar-refractivity contribution in [3.8, 4) is 0 Å². The Morgan fingerprint density at radius 2 is 1.58 bits per heavy atom. The van der Waals surface area contributed by atoms with Crippen molar-refractivity contribution < 1.29 is 34.0 Å². The number of aliphatic hydroxyl groups excluding tert-OH is 2. The highest BCUT2D eigenvalue weighted by molar-refractivity contribution is 5.94. The molecule has 1 aliphatic heterocycles. The molecule has 0 unspecified atom stereocenters. The zero-order valence-electron chi connectivity index (χ0n) is 25.3. The molecule has 43 heavy (non-hydrogen) atoms. The van der Waals surface area contributed by atoms with E-state index in [1.165, 1.54) is 13.8 Å². The standard InChI is InChI=1S/C34H42N2O7/c1-21-30(19-36(5)22(2)31(39)26-9-7-6-8-10-26)42-34(43-32(21)27-13-11-25(20-37)12-14-27)28-15-17-29(18-16-28)35-33(40)23(3)41-24(4)38/h6-18,21-23,30-32,34,37,39H,19-20H2,1-5H3,(H,35,40)/t21-,22+,23-,30+,31+,32+,34+/m0/s1. The van der Waals surface area contributed by atoms with Crippen molar-refractivity contribution in [2.45, 2.75) is 71.0 Å². The first-order valence-electron chi connectivity index (χ1n) is 14.6. The van der Waals surface area contributed by atoms with Gasteiger partial charge in [-0.25, -0.2) is 0 Å². The van der Waals surface area contributed by atoms with E-state index in [9.17, 15) is 19.8 Å². The number of hydrogen-bond acceptors (Lipinski definition) is 8. The molecule has 0 bridgehead atoms. The molecule has 4 rings (SSSR count). The van der Waals surface area contributed by atoms with Crippen molar-refractivity contribution >= 4 is 17.6 Å². The molecule has 0 spiro atoms. The molecular formula is C34H42N2O7. The van der Waals surface area contributed by atoms with Crippen LogP contribution in [0.15, 0.2) is 78.9 Å². The zero-order valence-corrected chi connectivity index (χ0v) is 25.3. The van der Waals surface area contributed by atoms with Crippen LogP contribution in [0.3, 0.4) is 0 Å². The molecule has 0 aromatic heterocycles. The van der Waals surface area contributed by atoms with Gasteiger partial charge in [0.15, 0.2) is 12.4 Å². The summed E-state index contributed by atoms with van der Waals surface area (Å²) in [6.07, 6.45) is -2.78. The van der Waals surface area contributed by atoms with Crippen molar-refractivity contribution in [2.24, 2.45) is 5.92 Å². The number of ether oxygens (including phenoxy) is 3. The zero-order chi connectivity index (χ0) is 31.1. The summed E-state index contributed by atoms with van der Waals surface area (Å²) >= 11 is 0. The summed E-state index contributed by atoms with van der Waals surface area (Å²) in [6, 6.07) is 24.4. The van der Waals surface area contributed by atoms with Gasteiger partial charge in [0.2, 0.25) is 0 Å². The van der Waals surface area contributed by atoms with Crippen LogP contribution in [0, 0.1) is 5.92 Å². The number of anilines is 1. The summed E-state index contributed by atoms with van der Waals surface area (Å²) in [4.78, 5) is 25.7. The third kappa shape index (κ3) is 8.28. The van der Waals surface area contributed by atoms with Gasteiger partial charge in [-0.1, -0.05) is 73.7 Å². The summed E-state index contributed by atoms with van der Waals surface area (Å²) in [7, 11) is 1.98. The van der Waals surface area contributed by atoms with Gasteiger partial charge in [0.1, 0.15) is 0 Å². The largest absolute Gasteiger partial charge is 0.453 e. The average molecular weight is 591 g/mol. The first-order chi connectivity index (χ1) is 20.6. The Morgan fingerprint density at radius 1 is 0.953 bits per heavy atom. The maximum atomic E-state index is 12.4. The van der Waals surface area contributed by atoms with Crippen molar-refractivity contribution in [1.82, 2.24) is 4.90 Å². The minimum Gasteiger partial charge on any atom is -0.453 e. The molecule has 1 saturated heterocycles. The van der Waals surface area contributed by atoms with Crippen LogP contribution in [0.4, 0.5) is 5.69 Å². The van der Waals surface area contributed by atoms with E-state index in [4.69, 9.17) is 14.2 Å². The Morgan fingerprint density at radius 3 is 2.19 bits per heavy atom. The monoisotopic (exact) mass is 590 g/mol. The molecule has 3 aromatic carbocycles. The minimum atomic E-state index is -0.915. The van der Waals surface area contributed by atoms with E-state index in [1.54, 1.807) is 12.1 Å². The smallest absolute Gasteiger partial charge is 0.303 e. The quantitative estimate of drug-likeness (QED) is 0.270. The fourth-order valence-electron chi connectivity index (χ4n) is 5.22. The number of carbonyl (C=O) groups excluding carboxylic acids is 2. The lowest BCUT2D eigenvalue weighted by molar-refractivity contribution is -0.276. The normalized spacial score (nSPS) is 22.4. The maximum Gasteiger partial charge on any atom is 0.303 e. The number of rotatable bonds is 11. The molecule has 0 aliphatic carbocycles. The van der Waals surface area contributed by atoms with Crippen LogP contribution in [-0.4, -0.2) is 58.8 Å². The molecule has 1 amide bonds. The van der Waals surface area contributed by atoms with Gasteiger partial charge in [-0.2, -0.15) is 0 Å². The maximum absolute atomic E-state index is 12.4. The molecule has 9 heteroatoms. The Balaban J connectivity index is 1.53. The van der Waals surface area contributed by atoms with Crippen molar-refractivity contribution in [3.05, 3.63) is 101 Å². The number of hydrogen-bond donors (Lipinski definition) is 3. The lowest BCUT2D eigenvalue weighted by Gasteiger charge is -2.43. The molecule has 230 valence electrons. The van der Waals surface area contributed by atoms with Gasteiger partial charge in [0.25, 0.3) is 5.91 Å². The van der Waals surface area contributed by atoms with Crippen molar-refractivity contribution in [3.63, 3.8) is 0 Å². The summed E-state index contributed by atoms with van der Waals surface area (Å²) < 4.78 is 18.1. The van der Waals surface area contributed by atoms with Crippen LogP contribution >= 0.6 is 0 Å². The first kappa shape index (κ1) is 32.3. The minimum absolute atomic E-state index is 0.0268. The molecule has 7 atom stereocenters. The predicted molar refractivity (Wildman–Crippen MR) is 163 cm³/mol. The third-order valence-electron chi connectivity index (χ3n) is 8.05. The van der Waals surface area contributed by atoms with E-state index in [0.717, 1.165) is 22.3 Å². The van der Waals surface area contributed by atoms with Crippen molar-refractivity contribution in [2.75, 3.05) is 18.9 Å². The van der Waals surface area contributed by atoms with Crippen LogP contribution < -0.4 is 5.32 Å². The fraction of sp³-hybridized carbons (Fsp3) is 0.412. The van der Waals surface area contributed by atoms with Crippen LogP contribution in [-0.2, 0) is 30.4 Å². The Labute approximate surface area is 253 Å². The number of nitrogens with one attached hydrogen (secondary N) is 1. The third-order valence-corrected chi connectivity index (χ3v) is 8.05. The van der Waals surface area contributed by atoms with Gasteiger partial charge >= 0.3 is 5.97 Å². The number of amides is 1. The van der Waals surface area contributed by atoms with E-state index in [0.29, 0.717) is 12.2 Å². The highest BCUT2D eigenvalue weighted by atomic mass is 16.7. The van der Waals surface area contributed by atoms with E-state index in [2.05, 4.69) is 17.1 Å². The summed E-state index contributed by atoms with van der Waals surface area (Å²) in [5, 5.41) is 23.3. The van der Waals surface area contributed by atoms with Gasteiger partial charge in [-0.3, -0.25) is 14.5 Å². The van der Waals surface area contributed by atoms with E-state index < -0.39 is 30.4 Å². The SMILES string of the molecule is CC(=O)O[C@@H](C)C(=O)Nc1ccc([C@@H]2O[C@H](CN(C)[C@H](C)[C@@H](O)c3ccccc3)[C@H](C)[C@H](c3ccc(CO)cc3)O2)cc1. The van der Waals surface area contributed by atoms with Crippen molar-refractivity contribution in [1.29, 1.82) is 0 Å². The average Bonchev–Trinajstić information content (AvgIpc) is 3.01. The van der Waals surface area contributed by atoms with Gasteiger partial charge in [0.05, 0.1) is 24.9 Å². The Hall–Kier alpha value is -3.60. The van der Waals surface area contributed by atoms with E-state index in [1.807, 2.05) is 80.7 Å². The summed E-state index contributed by atoms with van der Waals surface area (Å²) in [6.45, 7) is 7.39.